The van der Waals surface area contributed by atoms with Gasteiger partial charge < -0.3 is 15.0 Å². The van der Waals surface area contributed by atoms with Crippen LogP contribution in [-0.4, -0.2) is 50.8 Å². The lowest BCUT2D eigenvalue weighted by Crippen LogP contribution is -2.53. The van der Waals surface area contributed by atoms with Gasteiger partial charge >= 0.3 is 0 Å². The van der Waals surface area contributed by atoms with Gasteiger partial charge in [0.15, 0.2) is 0 Å². The first-order valence-electron chi connectivity index (χ1n) is 15.2. The Labute approximate surface area is 266 Å². The van der Waals surface area contributed by atoms with E-state index in [9.17, 15) is 18.0 Å². The van der Waals surface area contributed by atoms with Crippen LogP contribution >= 0.6 is 0 Å². The van der Waals surface area contributed by atoms with Crippen molar-refractivity contribution in [1.82, 2.24) is 10.2 Å². The zero-order valence-corrected chi connectivity index (χ0v) is 26.8. The molecule has 1 N–H and O–H groups in total. The maximum Gasteiger partial charge on any atom is 0.264 e. The maximum absolute atomic E-state index is 14.2. The second-order valence-electron chi connectivity index (χ2n) is 11.1. The molecule has 0 aromatic heterocycles. The van der Waals surface area contributed by atoms with Gasteiger partial charge in [0.2, 0.25) is 11.8 Å². The van der Waals surface area contributed by atoms with Crippen molar-refractivity contribution in [3.8, 4) is 11.5 Å². The van der Waals surface area contributed by atoms with Gasteiger partial charge in [-0.05, 0) is 72.9 Å². The van der Waals surface area contributed by atoms with Crippen LogP contribution in [0.1, 0.15) is 32.8 Å². The molecule has 0 spiro atoms. The molecular formula is C36H41N3O5S. The summed E-state index contributed by atoms with van der Waals surface area (Å²) >= 11 is 0. The summed E-state index contributed by atoms with van der Waals surface area (Å²) < 4.78 is 35.1. The Balaban J connectivity index is 1.67. The number of sulfonamides is 1. The number of carbonyl (C=O) groups excluding carboxylic acids is 2. The molecule has 0 aliphatic carbocycles. The summed E-state index contributed by atoms with van der Waals surface area (Å²) in [5.74, 6) is 0.671. The minimum absolute atomic E-state index is 0.0555. The minimum atomic E-state index is -4.15. The summed E-state index contributed by atoms with van der Waals surface area (Å²) in [6.07, 6.45) is 0.888. The van der Waals surface area contributed by atoms with Crippen molar-refractivity contribution in [1.29, 1.82) is 0 Å². The lowest BCUT2D eigenvalue weighted by Gasteiger charge is -2.33. The normalized spacial score (nSPS) is 11.9. The van der Waals surface area contributed by atoms with Gasteiger partial charge in [0.25, 0.3) is 10.0 Å². The number of hydrogen-bond acceptors (Lipinski definition) is 5. The molecule has 9 heteroatoms. The molecule has 45 heavy (non-hydrogen) atoms. The minimum Gasteiger partial charge on any atom is -0.457 e. The van der Waals surface area contributed by atoms with Crippen molar-refractivity contribution in [2.75, 3.05) is 23.9 Å². The first kappa shape index (κ1) is 33.3. The van der Waals surface area contributed by atoms with Crippen LogP contribution in [0.4, 0.5) is 5.69 Å². The molecule has 4 aromatic rings. The molecule has 0 bridgehead atoms. The average molecular weight is 628 g/mol. The van der Waals surface area contributed by atoms with Crippen LogP contribution in [0.2, 0.25) is 0 Å². The van der Waals surface area contributed by atoms with Gasteiger partial charge in [0.05, 0.1) is 10.6 Å². The molecule has 0 heterocycles. The molecule has 2 amide bonds. The molecule has 0 unspecified atom stereocenters. The molecule has 0 fully saturated rings. The van der Waals surface area contributed by atoms with Crippen LogP contribution in [-0.2, 0) is 26.0 Å². The number of ether oxygens (including phenoxy) is 1. The highest BCUT2D eigenvalue weighted by Crippen LogP contribution is 2.28. The Bertz CT molecular complexity index is 1610. The number of nitrogens with zero attached hydrogens (tertiary/aromatic N) is 2. The van der Waals surface area contributed by atoms with E-state index in [1.807, 2.05) is 81.4 Å². The van der Waals surface area contributed by atoms with E-state index in [2.05, 4.69) is 5.32 Å². The third-order valence-electron chi connectivity index (χ3n) is 7.27. The van der Waals surface area contributed by atoms with Crippen LogP contribution in [0.3, 0.4) is 0 Å². The second kappa shape index (κ2) is 15.9. The highest BCUT2D eigenvalue weighted by molar-refractivity contribution is 7.92. The zero-order valence-electron chi connectivity index (χ0n) is 26.0. The summed E-state index contributed by atoms with van der Waals surface area (Å²) in [7, 11) is -4.15. The van der Waals surface area contributed by atoms with Gasteiger partial charge in [0, 0.05) is 13.1 Å². The lowest BCUT2D eigenvalue weighted by molar-refractivity contribution is -0.139. The molecular weight excluding hydrogens is 586 g/mol. The molecule has 0 aliphatic heterocycles. The number of hydrogen-bond donors (Lipinski definition) is 1. The fourth-order valence-corrected chi connectivity index (χ4v) is 6.31. The summed E-state index contributed by atoms with van der Waals surface area (Å²) in [6, 6.07) is 32.8. The van der Waals surface area contributed by atoms with Crippen molar-refractivity contribution in [2.45, 2.75) is 44.6 Å². The quantitative estimate of drug-likeness (QED) is 0.167. The van der Waals surface area contributed by atoms with E-state index in [0.717, 1.165) is 9.87 Å². The van der Waals surface area contributed by atoms with E-state index in [-0.39, 0.29) is 23.3 Å². The zero-order chi connectivity index (χ0) is 32.2. The van der Waals surface area contributed by atoms with E-state index < -0.39 is 28.5 Å². The number of rotatable bonds is 15. The Morgan fingerprint density at radius 1 is 0.778 bits per heavy atom. The van der Waals surface area contributed by atoms with Crippen LogP contribution in [0.15, 0.2) is 120 Å². The van der Waals surface area contributed by atoms with Gasteiger partial charge in [-0.3, -0.25) is 13.9 Å². The van der Waals surface area contributed by atoms with E-state index in [1.165, 1.54) is 17.0 Å². The molecule has 236 valence electrons. The number of benzene rings is 4. The number of anilines is 1. The van der Waals surface area contributed by atoms with Crippen LogP contribution in [0.25, 0.3) is 0 Å². The van der Waals surface area contributed by atoms with Crippen molar-refractivity contribution < 1.29 is 22.7 Å². The Morgan fingerprint density at radius 3 is 1.91 bits per heavy atom. The highest BCUT2D eigenvalue weighted by atomic mass is 32.2. The maximum atomic E-state index is 14.2. The number of amides is 2. The van der Waals surface area contributed by atoms with Gasteiger partial charge in [-0.25, -0.2) is 8.42 Å². The van der Waals surface area contributed by atoms with Crippen LogP contribution in [0.5, 0.6) is 11.5 Å². The molecule has 0 radical (unpaired) electrons. The van der Waals surface area contributed by atoms with E-state index in [0.29, 0.717) is 36.6 Å². The van der Waals surface area contributed by atoms with Crippen molar-refractivity contribution in [3.05, 3.63) is 121 Å². The van der Waals surface area contributed by atoms with E-state index in [1.54, 1.807) is 42.5 Å². The Kier molecular flexibility index (Phi) is 11.8. The first-order chi connectivity index (χ1) is 21.7. The molecule has 4 aromatic carbocycles. The van der Waals surface area contributed by atoms with Crippen molar-refractivity contribution in [2.24, 2.45) is 5.92 Å². The molecule has 0 saturated carbocycles. The summed E-state index contributed by atoms with van der Waals surface area (Å²) in [5.41, 5.74) is 1.31. The van der Waals surface area contributed by atoms with E-state index >= 15 is 0 Å². The van der Waals surface area contributed by atoms with Crippen molar-refractivity contribution >= 4 is 27.5 Å². The lowest BCUT2D eigenvalue weighted by atomic mass is 10.1. The predicted molar refractivity (Wildman–Crippen MR) is 178 cm³/mol. The van der Waals surface area contributed by atoms with Gasteiger partial charge in [-0.1, -0.05) is 87.5 Å². The Hall–Kier alpha value is -4.63. The van der Waals surface area contributed by atoms with Gasteiger partial charge in [0.1, 0.15) is 24.1 Å². The molecule has 8 nitrogen and oxygen atoms in total. The van der Waals surface area contributed by atoms with Crippen molar-refractivity contribution in [3.63, 3.8) is 0 Å². The molecule has 0 aliphatic rings. The number of para-hydroxylation sites is 1. The van der Waals surface area contributed by atoms with Crippen LogP contribution < -0.4 is 14.4 Å². The average Bonchev–Trinajstić information content (AvgIpc) is 3.06. The third-order valence-corrected chi connectivity index (χ3v) is 9.06. The first-order valence-corrected chi connectivity index (χ1v) is 16.6. The van der Waals surface area contributed by atoms with Gasteiger partial charge in [-0.15, -0.1) is 0 Å². The second-order valence-corrected chi connectivity index (χ2v) is 13.0. The summed E-state index contributed by atoms with van der Waals surface area (Å²) in [4.78, 5) is 29.1. The molecule has 4 rings (SSSR count). The molecule has 1 atom stereocenters. The van der Waals surface area contributed by atoms with E-state index in [4.69, 9.17) is 4.74 Å². The third kappa shape index (κ3) is 9.18. The fraction of sp³-hybridized carbons (Fsp3) is 0.278. The largest absolute Gasteiger partial charge is 0.457 e. The van der Waals surface area contributed by atoms with Crippen LogP contribution in [0, 0.1) is 5.92 Å². The summed E-state index contributed by atoms with van der Waals surface area (Å²) in [6.45, 7) is 6.09. The SMILES string of the molecule is CC[C@@H](C(=O)NCC(C)C)N(CCc1ccccc1)C(=O)CN(c1ccc(Oc2ccccc2)cc1)S(=O)(=O)c1ccccc1. The van der Waals surface area contributed by atoms with Gasteiger partial charge in [-0.2, -0.15) is 0 Å². The summed E-state index contributed by atoms with van der Waals surface area (Å²) in [5, 5.41) is 2.96. The highest BCUT2D eigenvalue weighted by Gasteiger charge is 2.33. The standard InChI is InChI=1S/C36H41N3O5S/c1-4-34(36(41)37-26-28(2)3)38(25-24-29-14-8-5-9-15-29)35(40)27-39(45(42,43)33-18-12-7-13-19-33)30-20-22-32(23-21-30)44-31-16-10-6-11-17-31/h5-23,28,34H,4,24-27H2,1-3H3,(H,37,41)/t34-/m0/s1. The number of carbonyl (C=O) groups is 2. The monoisotopic (exact) mass is 627 g/mol. The smallest absolute Gasteiger partial charge is 0.264 e. The Morgan fingerprint density at radius 2 is 1.33 bits per heavy atom. The number of nitrogens with one attached hydrogen (secondary N) is 1. The predicted octanol–water partition coefficient (Wildman–Crippen LogP) is 6.30. The fourth-order valence-electron chi connectivity index (χ4n) is 4.87. The molecule has 0 saturated heterocycles. The topological polar surface area (TPSA) is 96.0 Å².